The molecule has 0 spiro atoms. The van der Waals surface area contributed by atoms with E-state index < -0.39 is 0 Å². The molecule has 0 aromatic rings. The van der Waals surface area contributed by atoms with Crippen LogP contribution in [0.15, 0.2) is 34.8 Å². The van der Waals surface area contributed by atoms with E-state index in [2.05, 4.69) is 24.3 Å². The van der Waals surface area contributed by atoms with Crippen LogP contribution >= 0.6 is 11.8 Å². The lowest BCUT2D eigenvalue weighted by Crippen LogP contribution is -1.92. The number of allylic oxidation sites excluding steroid dienone is 4. The van der Waals surface area contributed by atoms with Crippen LogP contribution in [0.25, 0.3) is 0 Å². The quantitative estimate of drug-likeness (QED) is 0.529. The van der Waals surface area contributed by atoms with Crippen molar-refractivity contribution in [1.82, 2.24) is 0 Å². The SMILES string of the molecule is C1=CCSC2=CCCCC2=C1. The van der Waals surface area contributed by atoms with Crippen molar-refractivity contribution in [3.05, 3.63) is 34.8 Å². The van der Waals surface area contributed by atoms with E-state index >= 15 is 0 Å². The maximum Gasteiger partial charge on any atom is 0.0163 e. The Morgan fingerprint density at radius 1 is 1.36 bits per heavy atom. The lowest BCUT2D eigenvalue weighted by molar-refractivity contribution is 0.817. The standard InChI is InChI=1S/C10H12S/c1-2-7-10-9(5-1)6-3-4-8-11-10/h3-4,6-7H,1-2,5,8H2. The molecule has 1 heterocycles. The average molecular weight is 164 g/mol. The second-order valence-electron chi connectivity index (χ2n) is 2.89. The molecular formula is C10H12S. The van der Waals surface area contributed by atoms with E-state index in [1.165, 1.54) is 24.2 Å². The molecule has 2 aliphatic rings. The molecule has 0 amide bonds. The molecule has 58 valence electrons. The van der Waals surface area contributed by atoms with Crippen molar-refractivity contribution in [1.29, 1.82) is 0 Å². The molecule has 2 rings (SSSR count). The van der Waals surface area contributed by atoms with Crippen molar-refractivity contribution in [2.45, 2.75) is 19.3 Å². The van der Waals surface area contributed by atoms with Crippen molar-refractivity contribution < 1.29 is 0 Å². The van der Waals surface area contributed by atoms with Crippen molar-refractivity contribution in [2.75, 3.05) is 5.75 Å². The lowest BCUT2D eigenvalue weighted by atomic mass is 10.0. The minimum absolute atomic E-state index is 1.14. The Balaban J connectivity index is 2.27. The molecule has 0 aromatic heterocycles. The Kier molecular flexibility index (Phi) is 2.18. The molecule has 1 aliphatic carbocycles. The van der Waals surface area contributed by atoms with Crippen LogP contribution in [0.4, 0.5) is 0 Å². The van der Waals surface area contributed by atoms with Crippen LogP contribution in [0.1, 0.15) is 19.3 Å². The summed E-state index contributed by atoms with van der Waals surface area (Å²) in [5.74, 6) is 1.14. The van der Waals surface area contributed by atoms with Crippen LogP contribution in [0.5, 0.6) is 0 Å². The summed E-state index contributed by atoms with van der Waals surface area (Å²) in [7, 11) is 0. The van der Waals surface area contributed by atoms with E-state index in [-0.39, 0.29) is 0 Å². The zero-order chi connectivity index (χ0) is 7.52. The smallest absolute Gasteiger partial charge is 0.0163 e. The predicted molar refractivity (Wildman–Crippen MR) is 51.6 cm³/mol. The Hall–Kier alpha value is -0.430. The second-order valence-corrected chi connectivity index (χ2v) is 3.95. The number of fused-ring (bicyclic) bond motifs is 1. The summed E-state index contributed by atoms with van der Waals surface area (Å²) in [6, 6.07) is 0. The third kappa shape index (κ3) is 1.59. The molecule has 0 fully saturated rings. The highest BCUT2D eigenvalue weighted by atomic mass is 32.2. The van der Waals surface area contributed by atoms with Crippen LogP contribution in [0, 0.1) is 0 Å². The molecular weight excluding hydrogens is 152 g/mol. The van der Waals surface area contributed by atoms with Gasteiger partial charge in [0.05, 0.1) is 0 Å². The summed E-state index contributed by atoms with van der Waals surface area (Å²) in [5.41, 5.74) is 1.55. The normalized spacial score (nSPS) is 23.3. The highest BCUT2D eigenvalue weighted by Crippen LogP contribution is 2.33. The van der Waals surface area contributed by atoms with Gasteiger partial charge in [0.2, 0.25) is 0 Å². The summed E-state index contributed by atoms with van der Waals surface area (Å²) in [6.07, 6.45) is 13.0. The van der Waals surface area contributed by atoms with Crippen LogP contribution in [-0.4, -0.2) is 5.75 Å². The summed E-state index contributed by atoms with van der Waals surface area (Å²) < 4.78 is 0. The fraction of sp³-hybridized carbons (Fsp3) is 0.400. The molecule has 0 nitrogen and oxygen atoms in total. The van der Waals surface area contributed by atoms with E-state index in [0.717, 1.165) is 5.75 Å². The summed E-state index contributed by atoms with van der Waals surface area (Å²) in [6.45, 7) is 0. The third-order valence-corrected chi connectivity index (χ3v) is 3.16. The van der Waals surface area contributed by atoms with Crippen molar-refractivity contribution in [3.8, 4) is 0 Å². The number of thioether (sulfide) groups is 1. The average Bonchev–Trinajstić information content (AvgIpc) is 2.28. The zero-order valence-corrected chi connectivity index (χ0v) is 7.36. The van der Waals surface area contributed by atoms with Crippen LogP contribution in [-0.2, 0) is 0 Å². The van der Waals surface area contributed by atoms with Gasteiger partial charge >= 0.3 is 0 Å². The molecule has 0 radical (unpaired) electrons. The van der Waals surface area contributed by atoms with Gasteiger partial charge in [0.1, 0.15) is 0 Å². The molecule has 0 unspecified atom stereocenters. The van der Waals surface area contributed by atoms with Gasteiger partial charge in [-0.1, -0.05) is 24.3 Å². The predicted octanol–water partition coefficient (Wildman–Crippen LogP) is 3.28. The molecule has 0 atom stereocenters. The van der Waals surface area contributed by atoms with Gasteiger partial charge in [0.25, 0.3) is 0 Å². The maximum absolute atomic E-state index is 2.38. The molecule has 0 N–H and O–H groups in total. The van der Waals surface area contributed by atoms with Gasteiger partial charge in [-0.2, -0.15) is 0 Å². The third-order valence-electron chi connectivity index (χ3n) is 2.07. The minimum atomic E-state index is 1.14. The molecule has 0 bridgehead atoms. The Morgan fingerprint density at radius 2 is 2.36 bits per heavy atom. The van der Waals surface area contributed by atoms with Crippen LogP contribution in [0.3, 0.4) is 0 Å². The highest BCUT2D eigenvalue weighted by molar-refractivity contribution is 8.03. The van der Waals surface area contributed by atoms with Crippen LogP contribution < -0.4 is 0 Å². The largest absolute Gasteiger partial charge is 0.122 e. The van der Waals surface area contributed by atoms with Crippen molar-refractivity contribution >= 4 is 11.8 Å². The molecule has 0 saturated carbocycles. The number of hydrogen-bond donors (Lipinski definition) is 0. The first-order chi connectivity index (χ1) is 5.47. The monoisotopic (exact) mass is 164 g/mol. The first kappa shape index (κ1) is 7.23. The van der Waals surface area contributed by atoms with Crippen molar-refractivity contribution in [2.24, 2.45) is 0 Å². The minimum Gasteiger partial charge on any atom is -0.122 e. The van der Waals surface area contributed by atoms with Crippen LogP contribution in [0.2, 0.25) is 0 Å². The van der Waals surface area contributed by atoms with E-state index in [4.69, 9.17) is 0 Å². The van der Waals surface area contributed by atoms with E-state index in [1.54, 1.807) is 5.57 Å². The van der Waals surface area contributed by atoms with Gasteiger partial charge in [-0.05, 0) is 24.8 Å². The Bertz CT molecular complexity index is 233. The van der Waals surface area contributed by atoms with Gasteiger partial charge in [-0.25, -0.2) is 0 Å². The first-order valence-corrected chi connectivity index (χ1v) is 5.14. The van der Waals surface area contributed by atoms with E-state index in [1.807, 2.05) is 11.8 Å². The molecule has 1 heteroatoms. The summed E-state index contributed by atoms with van der Waals surface area (Å²) in [5, 5.41) is 0. The molecule has 11 heavy (non-hydrogen) atoms. The summed E-state index contributed by atoms with van der Waals surface area (Å²) >= 11 is 1.97. The molecule has 0 saturated heterocycles. The fourth-order valence-electron chi connectivity index (χ4n) is 1.47. The maximum atomic E-state index is 2.38. The lowest BCUT2D eigenvalue weighted by Gasteiger charge is -2.13. The van der Waals surface area contributed by atoms with E-state index in [9.17, 15) is 0 Å². The Labute approximate surface area is 72.1 Å². The van der Waals surface area contributed by atoms with Gasteiger partial charge < -0.3 is 0 Å². The van der Waals surface area contributed by atoms with Gasteiger partial charge in [-0.3, -0.25) is 0 Å². The Morgan fingerprint density at radius 3 is 3.36 bits per heavy atom. The number of rotatable bonds is 0. The van der Waals surface area contributed by atoms with E-state index in [0.29, 0.717) is 0 Å². The zero-order valence-electron chi connectivity index (χ0n) is 6.55. The molecule has 0 aromatic carbocycles. The topological polar surface area (TPSA) is 0 Å². The summed E-state index contributed by atoms with van der Waals surface area (Å²) in [4.78, 5) is 1.53. The molecule has 1 aliphatic heterocycles. The number of hydrogen-bond acceptors (Lipinski definition) is 1. The van der Waals surface area contributed by atoms with Gasteiger partial charge in [-0.15, -0.1) is 11.8 Å². The first-order valence-electron chi connectivity index (χ1n) is 4.16. The fourth-order valence-corrected chi connectivity index (χ4v) is 2.45. The highest BCUT2D eigenvalue weighted by Gasteiger charge is 2.10. The second kappa shape index (κ2) is 3.31. The van der Waals surface area contributed by atoms with Crippen molar-refractivity contribution in [3.63, 3.8) is 0 Å². The van der Waals surface area contributed by atoms with Gasteiger partial charge in [0.15, 0.2) is 0 Å². The van der Waals surface area contributed by atoms with Gasteiger partial charge in [0, 0.05) is 10.7 Å².